The minimum Gasteiger partial charge on any atom is -0.360 e. The van der Waals surface area contributed by atoms with Gasteiger partial charge in [-0.05, 0) is 38.9 Å². The van der Waals surface area contributed by atoms with E-state index in [-0.39, 0.29) is 12.8 Å². The lowest BCUT2D eigenvalue weighted by atomic mass is 9.96. The molecule has 0 radical (unpaired) electrons. The number of hydrogen-bond donors (Lipinski definition) is 1. The highest BCUT2D eigenvalue weighted by atomic mass is 19.4. The first-order valence-corrected chi connectivity index (χ1v) is 7.43. The van der Waals surface area contributed by atoms with Crippen LogP contribution in [0.4, 0.5) is 13.2 Å². The zero-order valence-electron chi connectivity index (χ0n) is 12.2. The fraction of sp³-hybridized carbons (Fsp3) is 0.786. The molecule has 0 aromatic carbocycles. The van der Waals surface area contributed by atoms with E-state index in [0.717, 1.165) is 18.7 Å². The maximum atomic E-state index is 12.6. The van der Waals surface area contributed by atoms with Crippen LogP contribution >= 0.6 is 0 Å². The van der Waals surface area contributed by atoms with Gasteiger partial charge in [0, 0.05) is 12.6 Å². The van der Waals surface area contributed by atoms with E-state index in [1.807, 2.05) is 11.0 Å². The van der Waals surface area contributed by atoms with Crippen molar-refractivity contribution in [1.29, 1.82) is 0 Å². The van der Waals surface area contributed by atoms with E-state index >= 15 is 0 Å². The smallest absolute Gasteiger partial charge is 0.360 e. The standard InChI is InChI=1S/C14H22F3N3O/c1-2-5-18-9-12-8-13(21-19-12)10-20-6-3-11(4-7-20)14(15,16)17/h8,11,18H,2-7,9-10H2,1H3. The number of piperidine rings is 1. The van der Waals surface area contributed by atoms with Crippen LogP contribution in [0.15, 0.2) is 10.6 Å². The molecule has 0 aliphatic carbocycles. The van der Waals surface area contributed by atoms with E-state index < -0.39 is 12.1 Å². The first kappa shape index (κ1) is 16.3. The lowest BCUT2D eigenvalue weighted by molar-refractivity contribution is -0.185. The Labute approximate surface area is 122 Å². The van der Waals surface area contributed by atoms with Gasteiger partial charge in [0.2, 0.25) is 0 Å². The Bertz CT molecular complexity index is 425. The van der Waals surface area contributed by atoms with E-state index in [0.29, 0.717) is 31.9 Å². The van der Waals surface area contributed by atoms with Gasteiger partial charge in [-0.25, -0.2) is 0 Å². The quantitative estimate of drug-likeness (QED) is 0.821. The summed E-state index contributed by atoms with van der Waals surface area (Å²) in [6, 6.07) is 1.87. The van der Waals surface area contributed by atoms with Gasteiger partial charge in [-0.2, -0.15) is 13.2 Å². The van der Waals surface area contributed by atoms with Gasteiger partial charge < -0.3 is 9.84 Å². The number of nitrogens with one attached hydrogen (secondary N) is 1. The molecule has 7 heteroatoms. The normalized spacial score (nSPS) is 18.3. The van der Waals surface area contributed by atoms with Crippen molar-refractivity contribution in [2.45, 2.75) is 45.5 Å². The second-order valence-electron chi connectivity index (χ2n) is 5.55. The highest BCUT2D eigenvalue weighted by Crippen LogP contribution is 2.34. The molecule has 1 fully saturated rings. The van der Waals surface area contributed by atoms with Gasteiger partial charge >= 0.3 is 6.18 Å². The maximum absolute atomic E-state index is 12.6. The van der Waals surface area contributed by atoms with Crippen molar-refractivity contribution in [1.82, 2.24) is 15.4 Å². The number of likely N-dealkylation sites (tertiary alicyclic amines) is 1. The van der Waals surface area contributed by atoms with Crippen LogP contribution in [0.1, 0.15) is 37.6 Å². The van der Waals surface area contributed by atoms with Gasteiger partial charge in [0.25, 0.3) is 0 Å². The van der Waals surface area contributed by atoms with Crippen LogP contribution in [0, 0.1) is 5.92 Å². The lowest BCUT2D eigenvalue weighted by Gasteiger charge is -2.32. The molecule has 1 N–H and O–H groups in total. The summed E-state index contributed by atoms with van der Waals surface area (Å²) in [5.41, 5.74) is 0.837. The SMILES string of the molecule is CCCNCc1cc(CN2CCC(C(F)(F)F)CC2)on1. The van der Waals surface area contributed by atoms with Crippen LogP contribution < -0.4 is 5.32 Å². The zero-order valence-corrected chi connectivity index (χ0v) is 12.2. The first-order valence-electron chi connectivity index (χ1n) is 7.43. The molecule has 1 aliphatic rings. The van der Waals surface area contributed by atoms with Gasteiger partial charge in [0.1, 0.15) is 0 Å². The minimum atomic E-state index is -4.06. The minimum absolute atomic E-state index is 0.169. The van der Waals surface area contributed by atoms with E-state index in [2.05, 4.69) is 17.4 Å². The molecule has 0 atom stereocenters. The molecule has 0 spiro atoms. The van der Waals surface area contributed by atoms with Crippen molar-refractivity contribution in [2.75, 3.05) is 19.6 Å². The van der Waals surface area contributed by atoms with E-state index in [1.165, 1.54) is 0 Å². The summed E-state index contributed by atoms with van der Waals surface area (Å²) >= 11 is 0. The van der Waals surface area contributed by atoms with Crippen LogP contribution in [0.3, 0.4) is 0 Å². The highest BCUT2D eigenvalue weighted by molar-refractivity contribution is 5.05. The van der Waals surface area contributed by atoms with Crippen LogP contribution in [-0.2, 0) is 13.1 Å². The number of aromatic nitrogens is 1. The van der Waals surface area contributed by atoms with Crippen molar-refractivity contribution in [3.05, 3.63) is 17.5 Å². The first-order chi connectivity index (χ1) is 9.99. The average Bonchev–Trinajstić information content (AvgIpc) is 2.86. The average molecular weight is 305 g/mol. The molecular formula is C14H22F3N3O. The fourth-order valence-corrected chi connectivity index (χ4v) is 2.55. The molecule has 0 bridgehead atoms. The number of rotatable bonds is 6. The van der Waals surface area contributed by atoms with Gasteiger partial charge in [0.05, 0.1) is 18.2 Å². The number of alkyl halides is 3. The molecule has 4 nitrogen and oxygen atoms in total. The molecular weight excluding hydrogens is 283 g/mol. The van der Waals surface area contributed by atoms with Gasteiger partial charge in [-0.3, -0.25) is 4.90 Å². The molecule has 120 valence electrons. The summed E-state index contributed by atoms with van der Waals surface area (Å²) in [7, 11) is 0. The Hall–Kier alpha value is -1.08. The highest BCUT2D eigenvalue weighted by Gasteiger charge is 2.41. The van der Waals surface area contributed by atoms with E-state index in [9.17, 15) is 13.2 Å². The Morgan fingerprint density at radius 2 is 2.10 bits per heavy atom. The van der Waals surface area contributed by atoms with Crippen molar-refractivity contribution >= 4 is 0 Å². The van der Waals surface area contributed by atoms with Crippen molar-refractivity contribution in [2.24, 2.45) is 5.92 Å². The van der Waals surface area contributed by atoms with Crippen molar-refractivity contribution in [3.63, 3.8) is 0 Å². The summed E-state index contributed by atoms with van der Waals surface area (Å²) in [4.78, 5) is 1.99. The molecule has 2 rings (SSSR count). The monoisotopic (exact) mass is 305 g/mol. The predicted octanol–water partition coefficient (Wildman–Crippen LogP) is 2.95. The Morgan fingerprint density at radius 1 is 1.38 bits per heavy atom. The lowest BCUT2D eigenvalue weighted by Crippen LogP contribution is -2.38. The largest absolute Gasteiger partial charge is 0.391 e. The number of halogens is 3. The molecule has 1 aromatic rings. The maximum Gasteiger partial charge on any atom is 0.391 e. The molecule has 0 saturated carbocycles. The molecule has 0 amide bonds. The summed E-state index contributed by atoms with van der Waals surface area (Å²) < 4.78 is 43.0. The van der Waals surface area contributed by atoms with Gasteiger partial charge in [-0.1, -0.05) is 12.1 Å². The second-order valence-corrected chi connectivity index (χ2v) is 5.55. The molecule has 1 aliphatic heterocycles. The Morgan fingerprint density at radius 3 is 2.71 bits per heavy atom. The van der Waals surface area contributed by atoms with Crippen LogP contribution in [-0.4, -0.2) is 35.9 Å². The third-order valence-corrected chi connectivity index (χ3v) is 3.77. The van der Waals surface area contributed by atoms with Crippen LogP contribution in [0.5, 0.6) is 0 Å². The topological polar surface area (TPSA) is 41.3 Å². The van der Waals surface area contributed by atoms with Gasteiger partial charge in [-0.15, -0.1) is 0 Å². The summed E-state index contributed by atoms with van der Waals surface area (Å²) in [5, 5.41) is 7.19. The van der Waals surface area contributed by atoms with Crippen LogP contribution in [0.25, 0.3) is 0 Å². The summed E-state index contributed by atoms with van der Waals surface area (Å²) in [6.07, 6.45) is -2.67. The second kappa shape index (κ2) is 7.26. The Balaban J connectivity index is 1.76. The van der Waals surface area contributed by atoms with Crippen molar-refractivity contribution < 1.29 is 17.7 Å². The summed E-state index contributed by atoms with van der Waals surface area (Å²) in [6.45, 7) is 5.11. The van der Waals surface area contributed by atoms with Crippen molar-refractivity contribution in [3.8, 4) is 0 Å². The predicted molar refractivity (Wildman–Crippen MR) is 72.6 cm³/mol. The Kier molecular flexibility index (Phi) is 5.64. The molecule has 2 heterocycles. The molecule has 1 saturated heterocycles. The molecule has 0 unspecified atom stereocenters. The van der Waals surface area contributed by atoms with Gasteiger partial charge in [0.15, 0.2) is 5.76 Å². The van der Waals surface area contributed by atoms with E-state index in [1.54, 1.807) is 0 Å². The number of hydrogen-bond acceptors (Lipinski definition) is 4. The summed E-state index contributed by atoms with van der Waals surface area (Å²) in [5.74, 6) is -0.439. The third-order valence-electron chi connectivity index (χ3n) is 3.77. The molecule has 21 heavy (non-hydrogen) atoms. The third kappa shape index (κ3) is 5.00. The zero-order chi connectivity index (χ0) is 15.3. The number of nitrogens with zero attached hydrogens (tertiary/aromatic N) is 2. The van der Waals surface area contributed by atoms with E-state index in [4.69, 9.17) is 4.52 Å². The van der Waals surface area contributed by atoms with Crippen LogP contribution in [0.2, 0.25) is 0 Å². The fourth-order valence-electron chi connectivity index (χ4n) is 2.55. The molecule has 1 aromatic heterocycles.